The fourth-order valence-electron chi connectivity index (χ4n) is 3.10. The van der Waals surface area contributed by atoms with E-state index >= 15 is 0 Å². The summed E-state index contributed by atoms with van der Waals surface area (Å²) in [6, 6.07) is 12.6. The molecule has 1 saturated carbocycles. The number of hydrogen-bond donors (Lipinski definition) is 1. The summed E-state index contributed by atoms with van der Waals surface area (Å²) >= 11 is 0. The standard InChI is InChI=1S/C17H22N2/c1-17(10-4-5-11-17)13-18-12-15-9-8-14-6-2-3-7-16(14)19-15/h2-3,6-9,18H,4-5,10-13H2,1H3. The zero-order chi connectivity index (χ0) is 13.1. The van der Waals surface area contributed by atoms with Crippen molar-refractivity contribution >= 4 is 10.9 Å². The number of fused-ring (bicyclic) bond motifs is 1. The quantitative estimate of drug-likeness (QED) is 0.895. The van der Waals surface area contributed by atoms with Crippen LogP contribution in [0.15, 0.2) is 36.4 Å². The first kappa shape index (κ1) is 12.6. The third kappa shape index (κ3) is 2.95. The molecule has 0 bridgehead atoms. The van der Waals surface area contributed by atoms with Gasteiger partial charge in [-0.3, -0.25) is 4.98 Å². The van der Waals surface area contributed by atoms with E-state index in [-0.39, 0.29) is 0 Å². The van der Waals surface area contributed by atoms with Gasteiger partial charge in [-0.2, -0.15) is 0 Å². The molecule has 1 N–H and O–H groups in total. The lowest BCUT2D eigenvalue weighted by Gasteiger charge is -2.23. The fourth-order valence-corrected chi connectivity index (χ4v) is 3.10. The molecule has 1 aromatic heterocycles. The van der Waals surface area contributed by atoms with Crippen molar-refractivity contribution in [1.29, 1.82) is 0 Å². The van der Waals surface area contributed by atoms with Gasteiger partial charge in [0.15, 0.2) is 0 Å². The average molecular weight is 254 g/mol. The Balaban J connectivity index is 1.62. The molecule has 0 spiro atoms. The normalized spacial score (nSPS) is 17.9. The van der Waals surface area contributed by atoms with Crippen molar-refractivity contribution in [1.82, 2.24) is 10.3 Å². The summed E-state index contributed by atoms with van der Waals surface area (Å²) in [5, 5.41) is 4.80. The summed E-state index contributed by atoms with van der Waals surface area (Å²) in [7, 11) is 0. The highest BCUT2D eigenvalue weighted by molar-refractivity contribution is 5.78. The molecule has 19 heavy (non-hydrogen) atoms. The maximum atomic E-state index is 4.70. The summed E-state index contributed by atoms with van der Waals surface area (Å²) in [4.78, 5) is 4.70. The third-order valence-electron chi connectivity index (χ3n) is 4.32. The highest BCUT2D eigenvalue weighted by atomic mass is 14.9. The van der Waals surface area contributed by atoms with Crippen LogP contribution in [0.1, 0.15) is 38.3 Å². The van der Waals surface area contributed by atoms with Crippen molar-refractivity contribution < 1.29 is 0 Å². The maximum Gasteiger partial charge on any atom is 0.0705 e. The van der Waals surface area contributed by atoms with Gasteiger partial charge in [-0.25, -0.2) is 0 Å². The molecule has 1 aromatic carbocycles. The van der Waals surface area contributed by atoms with Crippen molar-refractivity contribution in [2.45, 2.75) is 39.2 Å². The van der Waals surface area contributed by atoms with Crippen molar-refractivity contribution in [3.05, 3.63) is 42.1 Å². The lowest BCUT2D eigenvalue weighted by Crippen LogP contribution is -2.29. The molecule has 2 nitrogen and oxygen atoms in total. The molecule has 0 atom stereocenters. The smallest absolute Gasteiger partial charge is 0.0705 e. The summed E-state index contributed by atoms with van der Waals surface area (Å²) in [6.07, 6.45) is 5.52. The van der Waals surface area contributed by atoms with E-state index in [0.29, 0.717) is 5.41 Å². The largest absolute Gasteiger partial charge is 0.311 e. The molecule has 0 aliphatic heterocycles. The van der Waals surface area contributed by atoms with Crippen LogP contribution < -0.4 is 5.32 Å². The molecule has 3 rings (SSSR count). The molecule has 0 saturated heterocycles. The molecule has 2 aromatic rings. The van der Waals surface area contributed by atoms with Crippen LogP contribution >= 0.6 is 0 Å². The van der Waals surface area contributed by atoms with Gasteiger partial charge in [-0.05, 0) is 30.4 Å². The molecule has 100 valence electrons. The van der Waals surface area contributed by atoms with Crippen LogP contribution in [0.4, 0.5) is 0 Å². The molecule has 1 fully saturated rings. The van der Waals surface area contributed by atoms with Gasteiger partial charge in [0.1, 0.15) is 0 Å². The molecule has 0 amide bonds. The van der Waals surface area contributed by atoms with Gasteiger partial charge < -0.3 is 5.32 Å². The van der Waals surface area contributed by atoms with E-state index in [1.807, 2.05) is 6.07 Å². The number of aromatic nitrogens is 1. The molecule has 0 unspecified atom stereocenters. The van der Waals surface area contributed by atoms with Gasteiger partial charge in [0.2, 0.25) is 0 Å². The Kier molecular flexibility index (Phi) is 3.52. The van der Waals surface area contributed by atoms with Gasteiger partial charge in [0.25, 0.3) is 0 Å². The highest BCUT2D eigenvalue weighted by Gasteiger charge is 2.27. The maximum absolute atomic E-state index is 4.70. The molecule has 2 heteroatoms. The van der Waals surface area contributed by atoms with Gasteiger partial charge in [0, 0.05) is 18.5 Å². The minimum atomic E-state index is 0.511. The molecular formula is C17H22N2. The topological polar surface area (TPSA) is 24.9 Å². The van der Waals surface area contributed by atoms with E-state index in [1.54, 1.807) is 0 Å². The van der Waals surface area contributed by atoms with Crippen LogP contribution in [-0.2, 0) is 6.54 Å². The third-order valence-corrected chi connectivity index (χ3v) is 4.32. The lowest BCUT2D eigenvalue weighted by atomic mass is 9.89. The van der Waals surface area contributed by atoms with E-state index in [0.717, 1.165) is 24.3 Å². The fraction of sp³-hybridized carbons (Fsp3) is 0.471. The second-order valence-corrected chi connectivity index (χ2v) is 6.12. The Bertz CT molecular complexity index is 556. The van der Waals surface area contributed by atoms with Crippen molar-refractivity contribution in [2.24, 2.45) is 5.41 Å². The van der Waals surface area contributed by atoms with Crippen LogP contribution in [0.25, 0.3) is 10.9 Å². The minimum Gasteiger partial charge on any atom is -0.311 e. The predicted molar refractivity (Wildman–Crippen MR) is 80.0 cm³/mol. The monoisotopic (exact) mass is 254 g/mol. The number of hydrogen-bond acceptors (Lipinski definition) is 2. The van der Waals surface area contributed by atoms with E-state index in [2.05, 4.69) is 42.6 Å². The lowest BCUT2D eigenvalue weighted by molar-refractivity contribution is 0.314. The number of nitrogens with one attached hydrogen (secondary N) is 1. The molecular weight excluding hydrogens is 232 g/mol. The summed E-state index contributed by atoms with van der Waals surface area (Å²) in [6.45, 7) is 4.39. The summed E-state index contributed by atoms with van der Waals surface area (Å²) in [5.41, 5.74) is 2.74. The van der Waals surface area contributed by atoms with E-state index in [9.17, 15) is 0 Å². The Morgan fingerprint density at radius 2 is 1.89 bits per heavy atom. The number of benzene rings is 1. The van der Waals surface area contributed by atoms with Gasteiger partial charge in [0.05, 0.1) is 11.2 Å². The van der Waals surface area contributed by atoms with Crippen molar-refractivity contribution in [3.8, 4) is 0 Å². The Morgan fingerprint density at radius 3 is 2.74 bits per heavy atom. The first-order valence-corrected chi connectivity index (χ1v) is 7.31. The Labute approximate surface area is 115 Å². The molecule has 1 aliphatic rings. The van der Waals surface area contributed by atoms with E-state index in [1.165, 1.54) is 31.1 Å². The number of pyridine rings is 1. The molecule has 1 aliphatic carbocycles. The van der Waals surface area contributed by atoms with Crippen LogP contribution in [0, 0.1) is 5.41 Å². The SMILES string of the molecule is CC1(CNCc2ccc3ccccc3n2)CCCC1. The van der Waals surface area contributed by atoms with Crippen LogP contribution in [0.2, 0.25) is 0 Å². The van der Waals surface area contributed by atoms with Crippen LogP contribution in [0.3, 0.4) is 0 Å². The van der Waals surface area contributed by atoms with E-state index in [4.69, 9.17) is 4.98 Å². The zero-order valence-electron chi connectivity index (χ0n) is 11.7. The van der Waals surface area contributed by atoms with Gasteiger partial charge in [-0.15, -0.1) is 0 Å². The van der Waals surface area contributed by atoms with E-state index < -0.39 is 0 Å². The first-order chi connectivity index (χ1) is 9.25. The second kappa shape index (κ2) is 5.30. The zero-order valence-corrected chi connectivity index (χ0v) is 11.7. The minimum absolute atomic E-state index is 0.511. The average Bonchev–Trinajstić information content (AvgIpc) is 2.86. The van der Waals surface area contributed by atoms with Crippen molar-refractivity contribution in [3.63, 3.8) is 0 Å². The molecule has 1 heterocycles. The summed E-state index contributed by atoms with van der Waals surface area (Å²) < 4.78 is 0. The van der Waals surface area contributed by atoms with Gasteiger partial charge in [-0.1, -0.05) is 44.0 Å². The number of nitrogens with zero attached hydrogens (tertiary/aromatic N) is 1. The van der Waals surface area contributed by atoms with Crippen LogP contribution in [-0.4, -0.2) is 11.5 Å². The Hall–Kier alpha value is -1.41. The van der Waals surface area contributed by atoms with Crippen molar-refractivity contribution in [2.75, 3.05) is 6.54 Å². The predicted octanol–water partition coefficient (Wildman–Crippen LogP) is 3.90. The second-order valence-electron chi connectivity index (χ2n) is 6.12. The van der Waals surface area contributed by atoms with Crippen LogP contribution in [0.5, 0.6) is 0 Å². The first-order valence-electron chi connectivity index (χ1n) is 7.31. The molecule has 0 radical (unpaired) electrons. The number of para-hydroxylation sites is 1. The number of rotatable bonds is 4. The Morgan fingerprint density at radius 1 is 1.11 bits per heavy atom. The highest BCUT2D eigenvalue weighted by Crippen LogP contribution is 2.36. The van der Waals surface area contributed by atoms with Gasteiger partial charge >= 0.3 is 0 Å². The summed E-state index contributed by atoms with van der Waals surface area (Å²) in [5.74, 6) is 0.